The monoisotopic (exact) mass is 413 g/mol. The molecule has 2 aliphatic heterocycles. The lowest BCUT2D eigenvalue weighted by Gasteiger charge is -2.29. The smallest absolute Gasteiger partial charge is 0.355 e. The molecule has 3 rings (SSSR count). The van der Waals surface area contributed by atoms with Gasteiger partial charge < -0.3 is 31.4 Å². The second-order valence-electron chi connectivity index (χ2n) is 5.63. The number of anilines is 1. The number of nitrogens with two attached hydrogens (primary N) is 1. The first-order valence-corrected chi connectivity index (χ1v) is 9.54. The fourth-order valence-electron chi connectivity index (χ4n) is 2.60. The van der Waals surface area contributed by atoms with E-state index >= 15 is 0 Å². The highest BCUT2D eigenvalue weighted by atomic mass is 32.2. The van der Waals surface area contributed by atoms with Crippen LogP contribution in [0.3, 0.4) is 0 Å². The number of thiazole rings is 1. The number of rotatable bonds is 5. The Morgan fingerprint density at radius 2 is 2.30 bits per heavy atom. The zero-order valence-corrected chi connectivity index (χ0v) is 15.5. The van der Waals surface area contributed by atoms with Crippen molar-refractivity contribution in [3.63, 3.8) is 0 Å². The highest BCUT2D eigenvalue weighted by molar-refractivity contribution is 8.00. The van der Waals surface area contributed by atoms with Gasteiger partial charge in [0.2, 0.25) is 0 Å². The molecule has 2 aliphatic rings. The number of amides is 1. The summed E-state index contributed by atoms with van der Waals surface area (Å²) in [5.74, 6) is -2.45. The molecule has 3 heterocycles. The average molecular weight is 413 g/mol. The van der Waals surface area contributed by atoms with Crippen molar-refractivity contribution in [3.05, 3.63) is 22.3 Å². The lowest BCUT2D eigenvalue weighted by molar-refractivity contribution is -0.142. The van der Waals surface area contributed by atoms with Crippen molar-refractivity contribution in [1.82, 2.24) is 15.6 Å². The Kier molecular flexibility index (Phi) is 5.23. The minimum absolute atomic E-state index is 0.0177. The van der Waals surface area contributed by atoms with Crippen LogP contribution in [0.4, 0.5) is 5.13 Å². The van der Waals surface area contributed by atoms with Crippen molar-refractivity contribution < 1.29 is 29.4 Å². The maximum atomic E-state index is 12.4. The minimum atomic E-state index is -1.41. The topological polar surface area (TPSA) is 176 Å². The SMILES string of the molecule is CC1OC(=O)C2=C1CS[C@H]([C@H](NC(=O)/C(=N\O)c1csc(N)n1)C(=O)O)N2. The van der Waals surface area contributed by atoms with E-state index in [0.29, 0.717) is 5.75 Å². The molecule has 144 valence electrons. The molecule has 0 radical (unpaired) electrons. The van der Waals surface area contributed by atoms with E-state index in [1.165, 1.54) is 17.1 Å². The Hall–Kier alpha value is -2.80. The molecule has 3 atom stereocenters. The summed E-state index contributed by atoms with van der Waals surface area (Å²) in [6, 6.07) is -1.41. The molecule has 1 amide bonds. The van der Waals surface area contributed by atoms with Crippen molar-refractivity contribution in [3.8, 4) is 0 Å². The van der Waals surface area contributed by atoms with E-state index in [1.54, 1.807) is 6.92 Å². The van der Waals surface area contributed by atoms with Crippen molar-refractivity contribution >= 4 is 51.8 Å². The molecule has 1 aromatic heterocycles. The summed E-state index contributed by atoms with van der Waals surface area (Å²) in [6.07, 6.45) is -0.380. The van der Waals surface area contributed by atoms with E-state index < -0.39 is 35.0 Å². The molecule has 1 unspecified atom stereocenters. The number of aliphatic carboxylic acids is 1. The third-order valence-corrected chi connectivity index (χ3v) is 5.84. The largest absolute Gasteiger partial charge is 0.480 e. The summed E-state index contributed by atoms with van der Waals surface area (Å²) in [4.78, 5) is 39.8. The predicted molar refractivity (Wildman–Crippen MR) is 96.4 cm³/mol. The number of carbonyl (C=O) groups is 3. The molecule has 0 spiro atoms. The number of cyclic esters (lactones) is 1. The Bertz CT molecular complexity index is 866. The summed E-state index contributed by atoms with van der Waals surface area (Å²) in [6.45, 7) is 1.73. The van der Waals surface area contributed by atoms with Crippen LogP contribution in [-0.2, 0) is 19.1 Å². The summed E-state index contributed by atoms with van der Waals surface area (Å²) < 4.78 is 5.10. The highest BCUT2D eigenvalue weighted by Crippen LogP contribution is 2.32. The van der Waals surface area contributed by atoms with Crippen LogP contribution in [0.1, 0.15) is 12.6 Å². The average Bonchev–Trinajstić information content (AvgIpc) is 3.16. The number of carbonyl (C=O) groups excluding carboxylic acids is 2. The molecule has 0 aromatic carbocycles. The van der Waals surface area contributed by atoms with Gasteiger partial charge in [0.25, 0.3) is 5.91 Å². The number of nitrogens with one attached hydrogen (secondary N) is 2. The zero-order chi connectivity index (χ0) is 19.7. The van der Waals surface area contributed by atoms with Crippen molar-refractivity contribution in [2.75, 3.05) is 11.5 Å². The van der Waals surface area contributed by atoms with E-state index in [2.05, 4.69) is 20.8 Å². The molecule has 6 N–H and O–H groups in total. The molecule has 0 saturated carbocycles. The van der Waals surface area contributed by atoms with Gasteiger partial charge in [-0.1, -0.05) is 5.16 Å². The van der Waals surface area contributed by atoms with Crippen LogP contribution in [0.5, 0.6) is 0 Å². The van der Waals surface area contributed by atoms with E-state index in [1.807, 2.05) is 0 Å². The molecule has 11 nitrogen and oxygen atoms in total. The highest BCUT2D eigenvalue weighted by Gasteiger charge is 2.41. The number of ether oxygens (including phenoxy) is 1. The van der Waals surface area contributed by atoms with Crippen molar-refractivity contribution in [2.45, 2.75) is 24.4 Å². The number of hydrogen-bond donors (Lipinski definition) is 5. The third-order valence-electron chi connectivity index (χ3n) is 3.94. The first-order valence-electron chi connectivity index (χ1n) is 7.61. The Morgan fingerprint density at radius 3 is 2.89 bits per heavy atom. The van der Waals surface area contributed by atoms with Gasteiger partial charge in [-0.2, -0.15) is 0 Å². The standard InChI is InChI=1S/C14H15N5O6S2/c1-4-5-2-26-11(18-7(5)13(23)25-4)9(12(21)22)17-10(20)8(19-24)6-3-27-14(15)16-6/h3-4,9,11,18,24H,2H2,1H3,(H2,15,16)(H,17,20)(H,21,22)/b19-8-/t4?,9-,11+/m0/s1. The van der Waals surface area contributed by atoms with Crippen molar-refractivity contribution in [1.29, 1.82) is 0 Å². The number of nitrogen functional groups attached to an aromatic ring is 1. The van der Waals surface area contributed by atoms with E-state index in [4.69, 9.17) is 15.7 Å². The normalized spacial score (nSPS) is 23.3. The first-order chi connectivity index (χ1) is 12.8. The molecule has 0 fully saturated rings. The van der Waals surface area contributed by atoms with Crippen LogP contribution < -0.4 is 16.4 Å². The van der Waals surface area contributed by atoms with Gasteiger partial charge >= 0.3 is 11.9 Å². The second kappa shape index (κ2) is 7.44. The van der Waals surface area contributed by atoms with Gasteiger partial charge in [-0.15, -0.1) is 23.1 Å². The fraction of sp³-hybridized carbons (Fsp3) is 0.357. The Labute approximate surface area is 160 Å². The summed E-state index contributed by atoms with van der Waals surface area (Å²) in [7, 11) is 0. The lowest BCUT2D eigenvalue weighted by atomic mass is 10.1. The lowest BCUT2D eigenvalue weighted by Crippen LogP contribution is -2.55. The van der Waals surface area contributed by atoms with E-state index in [9.17, 15) is 19.5 Å². The van der Waals surface area contributed by atoms with Gasteiger partial charge in [0, 0.05) is 16.7 Å². The molecular formula is C14H15N5O6S2. The summed E-state index contributed by atoms with van der Waals surface area (Å²) >= 11 is 2.24. The van der Waals surface area contributed by atoms with Gasteiger partial charge in [0.15, 0.2) is 16.9 Å². The second-order valence-corrected chi connectivity index (χ2v) is 7.65. The van der Waals surface area contributed by atoms with Crippen LogP contribution in [0.15, 0.2) is 21.8 Å². The maximum absolute atomic E-state index is 12.4. The van der Waals surface area contributed by atoms with Gasteiger partial charge in [-0.25, -0.2) is 14.6 Å². The van der Waals surface area contributed by atoms with Gasteiger partial charge in [0.1, 0.15) is 22.9 Å². The number of hydrogen-bond acceptors (Lipinski definition) is 11. The van der Waals surface area contributed by atoms with Gasteiger partial charge in [-0.3, -0.25) is 4.79 Å². The van der Waals surface area contributed by atoms with Crippen LogP contribution in [0.2, 0.25) is 0 Å². The van der Waals surface area contributed by atoms with Crippen molar-refractivity contribution in [2.24, 2.45) is 5.16 Å². The number of carboxylic acids is 1. The number of esters is 1. The molecule has 1 aromatic rings. The predicted octanol–water partition coefficient (Wildman–Crippen LogP) is -0.665. The molecule has 0 bridgehead atoms. The van der Waals surface area contributed by atoms with Crippen LogP contribution in [0.25, 0.3) is 0 Å². The van der Waals surface area contributed by atoms with E-state index in [0.717, 1.165) is 16.9 Å². The van der Waals surface area contributed by atoms with Gasteiger partial charge in [-0.05, 0) is 6.92 Å². The minimum Gasteiger partial charge on any atom is -0.480 e. The van der Waals surface area contributed by atoms with E-state index in [-0.39, 0.29) is 22.6 Å². The molecule has 0 aliphatic carbocycles. The summed E-state index contributed by atoms with van der Waals surface area (Å²) in [5.41, 5.74) is 6.00. The molecular weight excluding hydrogens is 398 g/mol. The third kappa shape index (κ3) is 3.68. The number of carboxylic acid groups (broad SMARTS) is 1. The van der Waals surface area contributed by atoms with Gasteiger partial charge in [0.05, 0.1) is 0 Å². The molecule has 13 heteroatoms. The quantitative estimate of drug-likeness (QED) is 0.180. The number of oxime groups is 1. The molecule has 27 heavy (non-hydrogen) atoms. The summed E-state index contributed by atoms with van der Waals surface area (Å²) in [5, 5.41) is 27.4. The zero-order valence-electron chi connectivity index (χ0n) is 13.8. The van der Waals surface area contributed by atoms with Crippen LogP contribution >= 0.6 is 23.1 Å². The Balaban J connectivity index is 1.77. The number of thioether (sulfide) groups is 1. The Morgan fingerprint density at radius 1 is 1.56 bits per heavy atom. The van der Waals surface area contributed by atoms with Crippen LogP contribution in [0, 0.1) is 0 Å². The number of aromatic nitrogens is 1. The number of nitrogens with zero attached hydrogens (tertiary/aromatic N) is 2. The first kappa shape index (κ1) is 19.0. The van der Waals surface area contributed by atoms with Crippen LogP contribution in [-0.4, -0.2) is 62.1 Å². The maximum Gasteiger partial charge on any atom is 0.355 e. The molecule has 0 saturated heterocycles. The fourth-order valence-corrected chi connectivity index (χ4v) is 4.46.